The minimum absolute atomic E-state index is 0.351. The van der Waals surface area contributed by atoms with Gasteiger partial charge in [-0.15, -0.1) is 0 Å². The molecule has 2 nitrogen and oxygen atoms in total. The Bertz CT molecular complexity index is 321. The lowest BCUT2D eigenvalue weighted by Gasteiger charge is -2.25. The topological polar surface area (TPSA) is 23.5 Å². The second kappa shape index (κ2) is 9.36. The van der Waals surface area contributed by atoms with E-state index in [0.717, 1.165) is 12.3 Å². The van der Waals surface area contributed by atoms with E-state index in [1.165, 1.54) is 71.0 Å². The van der Waals surface area contributed by atoms with Crippen molar-refractivity contribution in [2.75, 3.05) is 26.2 Å². The largest absolute Gasteiger partial charge is 0.396 e. The molecule has 0 spiro atoms. The van der Waals surface area contributed by atoms with Crippen molar-refractivity contribution in [1.82, 2.24) is 4.90 Å². The fourth-order valence-corrected chi connectivity index (χ4v) is 3.38. The summed E-state index contributed by atoms with van der Waals surface area (Å²) in [5.41, 5.74) is 1.67. The Kier molecular flexibility index (Phi) is 7.38. The first-order valence-corrected chi connectivity index (χ1v) is 8.56. The molecule has 0 fully saturated rings. The van der Waals surface area contributed by atoms with Crippen molar-refractivity contribution in [3.05, 3.63) is 23.8 Å². The van der Waals surface area contributed by atoms with Gasteiger partial charge < -0.3 is 5.11 Å². The number of hydrogen-bond donors (Lipinski definition) is 1. The molecule has 2 aliphatic carbocycles. The Balaban J connectivity index is 1.71. The summed E-state index contributed by atoms with van der Waals surface area (Å²) in [7, 11) is 0. The van der Waals surface area contributed by atoms with E-state index in [-0.39, 0.29) is 0 Å². The minimum Gasteiger partial charge on any atom is -0.396 e. The molecule has 2 rings (SSSR count). The first kappa shape index (κ1) is 15.8. The van der Waals surface area contributed by atoms with Crippen molar-refractivity contribution < 1.29 is 5.11 Å². The summed E-state index contributed by atoms with van der Waals surface area (Å²) in [6.45, 7) is 4.02. The van der Waals surface area contributed by atoms with Gasteiger partial charge in [-0.2, -0.15) is 0 Å². The van der Waals surface area contributed by atoms with E-state index in [1.807, 2.05) is 0 Å². The van der Waals surface area contributed by atoms with Crippen LogP contribution in [0.15, 0.2) is 23.8 Å². The molecule has 0 bridgehead atoms. The summed E-state index contributed by atoms with van der Waals surface area (Å²) in [6, 6.07) is 0. The van der Waals surface area contributed by atoms with Gasteiger partial charge in [-0.1, -0.05) is 36.6 Å². The zero-order valence-electron chi connectivity index (χ0n) is 12.9. The Labute approximate surface area is 124 Å². The van der Waals surface area contributed by atoms with Crippen LogP contribution in [0.1, 0.15) is 57.8 Å². The average molecular weight is 277 g/mol. The number of rotatable bonds is 10. The zero-order chi connectivity index (χ0) is 14.0. The lowest BCUT2D eigenvalue weighted by Crippen LogP contribution is -2.31. The number of unbranched alkanes of at least 4 members (excludes halogenated alkanes) is 3. The van der Waals surface area contributed by atoms with Crippen LogP contribution in [0.3, 0.4) is 0 Å². The maximum Gasteiger partial charge on any atom is 0.0431 e. The lowest BCUT2D eigenvalue weighted by atomic mass is 10.1. The van der Waals surface area contributed by atoms with Gasteiger partial charge in [0, 0.05) is 19.7 Å². The first-order chi connectivity index (χ1) is 9.88. The smallest absolute Gasteiger partial charge is 0.0431 e. The van der Waals surface area contributed by atoms with E-state index in [9.17, 15) is 0 Å². The molecule has 1 N–H and O–H groups in total. The molecule has 0 heterocycles. The van der Waals surface area contributed by atoms with E-state index in [0.29, 0.717) is 6.61 Å². The van der Waals surface area contributed by atoms with Crippen LogP contribution in [0.2, 0.25) is 0 Å². The van der Waals surface area contributed by atoms with Gasteiger partial charge in [-0.05, 0) is 57.4 Å². The standard InChI is InChI=1S/C18H31NO/c20-14-8-2-1-7-13-19(15-17-9-3-4-10-17)16-18-11-5-6-12-18/h3,9,11,17,20H,1-2,4-8,10,12-16H2/t17-/m0/s1. The SMILES string of the molecule is OCCCCCCN(CC1=CCCC1)C[C@H]1C=CCC1. The second-order valence-corrected chi connectivity index (χ2v) is 6.39. The van der Waals surface area contributed by atoms with Crippen LogP contribution in [0.5, 0.6) is 0 Å². The number of aliphatic hydroxyl groups excluding tert-OH is 1. The number of allylic oxidation sites excluding steroid dienone is 2. The molecule has 114 valence electrons. The van der Waals surface area contributed by atoms with Gasteiger partial charge in [0.2, 0.25) is 0 Å². The van der Waals surface area contributed by atoms with E-state index >= 15 is 0 Å². The van der Waals surface area contributed by atoms with Crippen molar-refractivity contribution >= 4 is 0 Å². The van der Waals surface area contributed by atoms with Crippen LogP contribution in [-0.4, -0.2) is 36.2 Å². The molecular formula is C18H31NO. The highest BCUT2D eigenvalue weighted by Crippen LogP contribution is 2.22. The molecule has 0 unspecified atom stereocenters. The van der Waals surface area contributed by atoms with Crippen LogP contribution in [0, 0.1) is 5.92 Å². The number of hydrogen-bond acceptors (Lipinski definition) is 2. The zero-order valence-corrected chi connectivity index (χ0v) is 12.9. The molecule has 0 aromatic carbocycles. The molecule has 1 atom stereocenters. The van der Waals surface area contributed by atoms with Crippen LogP contribution in [0.4, 0.5) is 0 Å². The highest BCUT2D eigenvalue weighted by molar-refractivity contribution is 5.10. The molecule has 0 aromatic rings. The summed E-state index contributed by atoms with van der Waals surface area (Å²) >= 11 is 0. The van der Waals surface area contributed by atoms with Gasteiger partial charge in [-0.3, -0.25) is 4.90 Å². The van der Waals surface area contributed by atoms with Crippen LogP contribution in [0.25, 0.3) is 0 Å². The lowest BCUT2D eigenvalue weighted by molar-refractivity contribution is 0.253. The average Bonchev–Trinajstić information content (AvgIpc) is 3.12. The van der Waals surface area contributed by atoms with Gasteiger partial charge in [0.15, 0.2) is 0 Å². The predicted molar refractivity (Wildman–Crippen MR) is 85.8 cm³/mol. The van der Waals surface area contributed by atoms with E-state index in [1.54, 1.807) is 5.57 Å². The minimum atomic E-state index is 0.351. The van der Waals surface area contributed by atoms with Gasteiger partial charge in [0.25, 0.3) is 0 Å². The van der Waals surface area contributed by atoms with E-state index in [2.05, 4.69) is 23.1 Å². The van der Waals surface area contributed by atoms with Crippen molar-refractivity contribution in [2.24, 2.45) is 5.92 Å². The summed E-state index contributed by atoms with van der Waals surface area (Å²) in [4.78, 5) is 2.68. The van der Waals surface area contributed by atoms with Gasteiger partial charge >= 0.3 is 0 Å². The molecule has 0 saturated carbocycles. The third-order valence-corrected chi connectivity index (χ3v) is 4.55. The van der Waals surface area contributed by atoms with Crippen molar-refractivity contribution in [1.29, 1.82) is 0 Å². The molecule has 0 saturated heterocycles. The maximum absolute atomic E-state index is 8.83. The van der Waals surface area contributed by atoms with Gasteiger partial charge in [-0.25, -0.2) is 0 Å². The highest BCUT2D eigenvalue weighted by atomic mass is 16.2. The second-order valence-electron chi connectivity index (χ2n) is 6.39. The van der Waals surface area contributed by atoms with Crippen molar-refractivity contribution in [3.63, 3.8) is 0 Å². The number of aliphatic hydroxyl groups is 1. The van der Waals surface area contributed by atoms with Crippen LogP contribution in [-0.2, 0) is 0 Å². The van der Waals surface area contributed by atoms with Crippen LogP contribution < -0.4 is 0 Å². The summed E-state index contributed by atoms with van der Waals surface area (Å²) in [5.74, 6) is 0.787. The maximum atomic E-state index is 8.83. The molecule has 20 heavy (non-hydrogen) atoms. The molecule has 0 radical (unpaired) electrons. The van der Waals surface area contributed by atoms with Gasteiger partial charge in [0.1, 0.15) is 0 Å². The third-order valence-electron chi connectivity index (χ3n) is 4.55. The van der Waals surface area contributed by atoms with Crippen molar-refractivity contribution in [3.8, 4) is 0 Å². The summed E-state index contributed by atoms with van der Waals surface area (Å²) in [5, 5.41) is 8.83. The quantitative estimate of drug-likeness (QED) is 0.483. The molecule has 0 aliphatic heterocycles. The van der Waals surface area contributed by atoms with Crippen LogP contribution >= 0.6 is 0 Å². The molecular weight excluding hydrogens is 246 g/mol. The highest BCUT2D eigenvalue weighted by Gasteiger charge is 2.16. The summed E-state index contributed by atoms with van der Waals surface area (Å²) in [6.07, 6.45) is 18.5. The van der Waals surface area contributed by atoms with E-state index in [4.69, 9.17) is 5.11 Å². The Hall–Kier alpha value is -0.600. The first-order valence-electron chi connectivity index (χ1n) is 8.56. The summed E-state index contributed by atoms with van der Waals surface area (Å²) < 4.78 is 0. The van der Waals surface area contributed by atoms with Crippen molar-refractivity contribution in [2.45, 2.75) is 57.8 Å². The van der Waals surface area contributed by atoms with Gasteiger partial charge in [0.05, 0.1) is 0 Å². The molecule has 2 aliphatic rings. The normalized spacial score (nSPS) is 21.9. The fraction of sp³-hybridized carbons (Fsp3) is 0.778. The Morgan fingerprint density at radius 3 is 2.75 bits per heavy atom. The predicted octanol–water partition coefficient (Wildman–Crippen LogP) is 3.92. The molecule has 0 aromatic heterocycles. The molecule has 2 heteroatoms. The monoisotopic (exact) mass is 277 g/mol. The number of nitrogens with zero attached hydrogens (tertiary/aromatic N) is 1. The Morgan fingerprint density at radius 2 is 2.05 bits per heavy atom. The fourth-order valence-electron chi connectivity index (χ4n) is 3.38. The third kappa shape index (κ3) is 5.80. The Morgan fingerprint density at radius 1 is 1.15 bits per heavy atom. The molecule has 0 amide bonds. The van der Waals surface area contributed by atoms with E-state index < -0.39 is 0 Å².